The van der Waals surface area contributed by atoms with Crippen molar-refractivity contribution in [2.75, 3.05) is 19.8 Å². The highest BCUT2D eigenvalue weighted by Gasteiger charge is 2.42. The Kier molecular flexibility index (Phi) is 7.67. The van der Waals surface area contributed by atoms with E-state index in [0.717, 1.165) is 6.42 Å². The smallest absolute Gasteiger partial charge is 0.307 e. The Morgan fingerprint density at radius 2 is 1.71 bits per heavy atom. The molecule has 0 saturated heterocycles. The van der Waals surface area contributed by atoms with Gasteiger partial charge in [0.2, 0.25) is 5.91 Å². The van der Waals surface area contributed by atoms with E-state index in [2.05, 4.69) is 5.32 Å². The van der Waals surface area contributed by atoms with Crippen molar-refractivity contribution in [2.45, 2.75) is 46.3 Å². The van der Waals surface area contributed by atoms with Gasteiger partial charge < -0.3 is 19.9 Å². The summed E-state index contributed by atoms with van der Waals surface area (Å²) < 4.78 is 10.7. The number of amides is 1. The van der Waals surface area contributed by atoms with Crippen LogP contribution >= 0.6 is 0 Å². The van der Waals surface area contributed by atoms with Crippen molar-refractivity contribution in [3.05, 3.63) is 0 Å². The van der Waals surface area contributed by atoms with Crippen LogP contribution in [-0.2, 0) is 19.1 Å². The Morgan fingerprint density at radius 3 is 2.19 bits per heavy atom. The van der Waals surface area contributed by atoms with E-state index in [1.165, 1.54) is 0 Å². The Bertz CT molecular complexity index is 341. The molecule has 1 rings (SSSR count). The second kappa shape index (κ2) is 9.00. The predicted octanol–water partition coefficient (Wildman–Crippen LogP) is 1.64. The minimum atomic E-state index is -0.878. The first-order chi connectivity index (χ1) is 10.0. The monoisotopic (exact) mass is 301 g/mol. The maximum absolute atomic E-state index is 12.2. The summed E-state index contributed by atoms with van der Waals surface area (Å²) in [7, 11) is 0. The summed E-state index contributed by atoms with van der Waals surface area (Å²) in [6.07, 6.45) is 1.67. The van der Waals surface area contributed by atoms with Crippen LogP contribution < -0.4 is 5.32 Å². The average molecular weight is 301 g/mol. The van der Waals surface area contributed by atoms with Crippen LogP contribution in [0, 0.1) is 17.8 Å². The maximum Gasteiger partial charge on any atom is 0.307 e. The number of aliphatic carboxylic acids is 1. The number of nitrogens with one attached hydrogen (secondary N) is 1. The molecule has 0 bridgehead atoms. The van der Waals surface area contributed by atoms with Gasteiger partial charge in [0.15, 0.2) is 6.29 Å². The van der Waals surface area contributed by atoms with Crippen LogP contribution in [0.3, 0.4) is 0 Å². The summed E-state index contributed by atoms with van der Waals surface area (Å²) >= 11 is 0. The first-order valence-corrected chi connectivity index (χ1v) is 7.77. The van der Waals surface area contributed by atoms with Gasteiger partial charge in [-0.15, -0.1) is 0 Å². The van der Waals surface area contributed by atoms with Gasteiger partial charge in [0.1, 0.15) is 0 Å². The largest absolute Gasteiger partial charge is 0.481 e. The fourth-order valence-electron chi connectivity index (χ4n) is 2.89. The van der Waals surface area contributed by atoms with Gasteiger partial charge >= 0.3 is 5.97 Å². The van der Waals surface area contributed by atoms with Gasteiger partial charge in [-0.25, -0.2) is 0 Å². The molecule has 0 aromatic carbocycles. The summed E-state index contributed by atoms with van der Waals surface area (Å²) in [5.74, 6) is -1.79. The van der Waals surface area contributed by atoms with Gasteiger partial charge in [-0.3, -0.25) is 9.59 Å². The number of carboxylic acid groups (broad SMARTS) is 1. The molecule has 1 fully saturated rings. The Labute approximate surface area is 126 Å². The SMILES string of the molecule is CCOC(CNC(=O)C1CC(CC)CC1C(=O)O)OCC. The minimum absolute atomic E-state index is 0.206. The summed E-state index contributed by atoms with van der Waals surface area (Å²) in [4.78, 5) is 23.5. The van der Waals surface area contributed by atoms with E-state index in [-0.39, 0.29) is 12.5 Å². The van der Waals surface area contributed by atoms with E-state index in [4.69, 9.17) is 9.47 Å². The van der Waals surface area contributed by atoms with Crippen LogP contribution in [0.25, 0.3) is 0 Å². The number of rotatable bonds is 9. The molecule has 2 N–H and O–H groups in total. The molecule has 0 aromatic heterocycles. The first kappa shape index (κ1) is 17.9. The zero-order valence-electron chi connectivity index (χ0n) is 13.1. The number of carboxylic acids is 1. The minimum Gasteiger partial charge on any atom is -0.481 e. The molecule has 6 nitrogen and oxygen atoms in total. The third kappa shape index (κ3) is 5.28. The molecule has 1 saturated carbocycles. The number of carbonyl (C=O) groups excluding carboxylic acids is 1. The lowest BCUT2D eigenvalue weighted by Gasteiger charge is -2.20. The second-order valence-corrected chi connectivity index (χ2v) is 5.38. The lowest BCUT2D eigenvalue weighted by molar-refractivity contribution is -0.148. The average Bonchev–Trinajstić information content (AvgIpc) is 2.89. The van der Waals surface area contributed by atoms with Crippen molar-refractivity contribution in [1.82, 2.24) is 5.32 Å². The molecular weight excluding hydrogens is 274 g/mol. The maximum atomic E-state index is 12.2. The van der Waals surface area contributed by atoms with Crippen LogP contribution in [0.5, 0.6) is 0 Å². The summed E-state index contributed by atoms with van der Waals surface area (Å²) in [6, 6.07) is 0. The zero-order chi connectivity index (χ0) is 15.8. The zero-order valence-corrected chi connectivity index (χ0v) is 13.1. The molecule has 0 heterocycles. The van der Waals surface area contributed by atoms with Gasteiger partial charge in [-0.05, 0) is 32.6 Å². The fraction of sp³-hybridized carbons (Fsp3) is 0.867. The van der Waals surface area contributed by atoms with Crippen molar-refractivity contribution in [3.8, 4) is 0 Å². The predicted molar refractivity (Wildman–Crippen MR) is 77.7 cm³/mol. The second-order valence-electron chi connectivity index (χ2n) is 5.38. The van der Waals surface area contributed by atoms with Gasteiger partial charge in [0.25, 0.3) is 0 Å². The standard InChI is InChI=1S/C15H27NO5/c1-4-10-7-11(12(8-10)15(18)19)14(17)16-9-13(20-5-2)21-6-3/h10-13H,4-9H2,1-3H3,(H,16,17)(H,18,19). The summed E-state index contributed by atoms with van der Waals surface area (Å²) in [6.45, 7) is 7.00. The molecule has 1 aliphatic rings. The quantitative estimate of drug-likeness (QED) is 0.632. The molecular formula is C15H27NO5. The van der Waals surface area contributed by atoms with Crippen molar-refractivity contribution in [1.29, 1.82) is 0 Å². The molecule has 21 heavy (non-hydrogen) atoms. The third-order valence-corrected chi connectivity index (χ3v) is 4.04. The van der Waals surface area contributed by atoms with Crippen LogP contribution in [0.4, 0.5) is 0 Å². The normalized spacial score (nSPS) is 25.2. The number of hydrogen-bond donors (Lipinski definition) is 2. The highest BCUT2D eigenvalue weighted by molar-refractivity contribution is 5.85. The molecule has 0 radical (unpaired) electrons. The highest BCUT2D eigenvalue weighted by Crippen LogP contribution is 2.38. The Hall–Kier alpha value is -1.14. The molecule has 3 unspecified atom stereocenters. The highest BCUT2D eigenvalue weighted by atomic mass is 16.7. The van der Waals surface area contributed by atoms with Crippen molar-refractivity contribution in [3.63, 3.8) is 0 Å². The van der Waals surface area contributed by atoms with Crippen LogP contribution in [0.15, 0.2) is 0 Å². The molecule has 6 heteroatoms. The molecule has 3 atom stereocenters. The molecule has 1 amide bonds. The van der Waals surface area contributed by atoms with E-state index in [0.29, 0.717) is 32.0 Å². The lowest BCUT2D eigenvalue weighted by atomic mass is 9.95. The number of carbonyl (C=O) groups is 2. The van der Waals surface area contributed by atoms with Gasteiger partial charge in [-0.2, -0.15) is 0 Å². The number of ether oxygens (including phenoxy) is 2. The van der Waals surface area contributed by atoms with E-state index in [1.807, 2.05) is 20.8 Å². The Balaban J connectivity index is 2.54. The molecule has 0 aromatic rings. The topological polar surface area (TPSA) is 84.9 Å². The van der Waals surface area contributed by atoms with Gasteiger partial charge in [-0.1, -0.05) is 13.3 Å². The van der Waals surface area contributed by atoms with E-state index < -0.39 is 24.1 Å². The van der Waals surface area contributed by atoms with Crippen LogP contribution in [-0.4, -0.2) is 43.0 Å². The lowest BCUT2D eigenvalue weighted by Crippen LogP contribution is -2.40. The summed E-state index contributed by atoms with van der Waals surface area (Å²) in [5.41, 5.74) is 0. The fourth-order valence-corrected chi connectivity index (χ4v) is 2.89. The van der Waals surface area contributed by atoms with Gasteiger partial charge in [0, 0.05) is 13.2 Å². The third-order valence-electron chi connectivity index (χ3n) is 4.04. The van der Waals surface area contributed by atoms with Crippen LogP contribution in [0.1, 0.15) is 40.0 Å². The molecule has 0 spiro atoms. The van der Waals surface area contributed by atoms with Gasteiger partial charge in [0.05, 0.1) is 18.4 Å². The summed E-state index contributed by atoms with van der Waals surface area (Å²) in [5, 5.41) is 12.0. The van der Waals surface area contributed by atoms with E-state index in [9.17, 15) is 14.7 Å². The van der Waals surface area contributed by atoms with E-state index >= 15 is 0 Å². The van der Waals surface area contributed by atoms with Crippen molar-refractivity contribution < 1.29 is 24.2 Å². The van der Waals surface area contributed by atoms with Crippen LogP contribution in [0.2, 0.25) is 0 Å². The molecule has 1 aliphatic carbocycles. The Morgan fingerprint density at radius 1 is 1.14 bits per heavy atom. The van der Waals surface area contributed by atoms with Crippen molar-refractivity contribution >= 4 is 11.9 Å². The molecule has 122 valence electrons. The molecule has 0 aliphatic heterocycles. The first-order valence-electron chi connectivity index (χ1n) is 7.77. The number of hydrogen-bond acceptors (Lipinski definition) is 4. The van der Waals surface area contributed by atoms with Crippen molar-refractivity contribution in [2.24, 2.45) is 17.8 Å². The van der Waals surface area contributed by atoms with E-state index in [1.54, 1.807) is 0 Å².